The van der Waals surface area contributed by atoms with Crippen LogP contribution >= 0.6 is 0 Å². The molecule has 0 saturated carbocycles. The molecule has 0 aromatic carbocycles. The van der Waals surface area contributed by atoms with E-state index < -0.39 is 22.5 Å². The van der Waals surface area contributed by atoms with E-state index in [1.165, 1.54) is 9.13 Å². The Morgan fingerprint density at radius 1 is 0.878 bits per heavy atom. The first-order valence-electron chi connectivity index (χ1n) is 12.5. The predicted molar refractivity (Wildman–Crippen MR) is 153 cm³/mol. The van der Waals surface area contributed by atoms with Gasteiger partial charge in [-0.25, -0.2) is 14.6 Å². The maximum atomic E-state index is 12.9. The largest absolute Gasteiger partial charge is 0.383 e. The minimum atomic E-state index is -0.666. The van der Waals surface area contributed by atoms with Gasteiger partial charge in [-0.2, -0.15) is 15.0 Å². The lowest BCUT2D eigenvalue weighted by atomic mass is 10.2. The summed E-state index contributed by atoms with van der Waals surface area (Å²) in [6.07, 6.45) is 3.20. The van der Waals surface area contributed by atoms with E-state index in [0.29, 0.717) is 24.4 Å². The third-order valence-corrected chi connectivity index (χ3v) is 6.60. The van der Waals surface area contributed by atoms with Gasteiger partial charge >= 0.3 is 11.4 Å². The van der Waals surface area contributed by atoms with Crippen molar-refractivity contribution >= 4 is 45.3 Å². The number of hydrogen-bond donors (Lipinski definition) is 7. The van der Waals surface area contributed by atoms with E-state index in [1.54, 1.807) is 32.7 Å². The van der Waals surface area contributed by atoms with Crippen LogP contribution in [-0.4, -0.2) is 76.1 Å². The summed E-state index contributed by atoms with van der Waals surface area (Å²) in [4.78, 5) is 77.2. The van der Waals surface area contributed by atoms with Gasteiger partial charge in [0.1, 0.15) is 28.2 Å². The number of hydrogen-bond acceptors (Lipinski definition) is 13. The van der Waals surface area contributed by atoms with Crippen LogP contribution in [0.2, 0.25) is 0 Å². The lowest BCUT2D eigenvalue weighted by molar-refractivity contribution is 0.241. The van der Waals surface area contributed by atoms with E-state index in [9.17, 15) is 19.2 Å². The molecule has 5 aromatic heterocycles. The third-order valence-electron chi connectivity index (χ3n) is 6.60. The van der Waals surface area contributed by atoms with Crippen molar-refractivity contribution in [1.82, 2.24) is 48.9 Å². The Bertz CT molecular complexity index is 1850. The molecular weight excluding hydrogens is 536 g/mol. The molecule has 5 rings (SSSR count). The molecule has 5 heterocycles. The number of aromatic amines is 3. The molecule has 0 bridgehead atoms. The number of nitrogens with zero attached hydrogens (tertiary/aromatic N) is 7. The molecule has 0 aliphatic rings. The van der Waals surface area contributed by atoms with Crippen molar-refractivity contribution in [2.75, 3.05) is 49.3 Å². The minimum absolute atomic E-state index is 0.000230. The summed E-state index contributed by atoms with van der Waals surface area (Å²) in [6.45, 7) is 1.19. The average Bonchev–Trinajstić information content (AvgIpc) is 3.44. The fraction of sp³-hybridized carbons (Fsp3) is 0.304. The van der Waals surface area contributed by atoms with Crippen LogP contribution in [0.25, 0.3) is 21.9 Å². The first-order valence-corrected chi connectivity index (χ1v) is 12.5. The predicted octanol–water partition coefficient (Wildman–Crippen LogP) is -1.95. The first-order chi connectivity index (χ1) is 19.7. The fourth-order valence-electron chi connectivity index (χ4n) is 4.56. The summed E-state index contributed by atoms with van der Waals surface area (Å²) in [5.74, 6) is 0.185. The quantitative estimate of drug-likeness (QED) is 0.0974. The maximum Gasteiger partial charge on any atom is 0.351 e. The second-order valence-corrected chi connectivity index (χ2v) is 9.10. The number of nitrogen functional groups attached to an aromatic ring is 2. The smallest absolute Gasteiger partial charge is 0.351 e. The highest BCUT2D eigenvalue weighted by molar-refractivity contribution is 5.88. The van der Waals surface area contributed by atoms with E-state index in [2.05, 4.69) is 45.5 Å². The molecule has 0 unspecified atom stereocenters. The van der Waals surface area contributed by atoms with E-state index in [-0.39, 0.29) is 53.6 Å². The molecule has 18 nitrogen and oxygen atoms in total. The number of nitrogens with one attached hydrogen (secondary N) is 5. The third kappa shape index (κ3) is 5.22. The SMILES string of the molecule is CNc1cc2c(c(N)nc(=O)n2CCN(CCn2c(=O)nc(N)c3c(=O)[nH]c(NC)nc32)Cc2cnc[nH]2)c(=O)[nH]1. The van der Waals surface area contributed by atoms with Gasteiger partial charge in [0.15, 0.2) is 5.65 Å². The number of aromatic nitrogens is 9. The molecule has 9 N–H and O–H groups in total. The van der Waals surface area contributed by atoms with E-state index >= 15 is 0 Å². The van der Waals surface area contributed by atoms with Crippen LogP contribution in [0.3, 0.4) is 0 Å². The number of fused-ring (bicyclic) bond motifs is 2. The highest BCUT2D eigenvalue weighted by Gasteiger charge is 2.18. The topological polar surface area (TPSA) is 256 Å². The molecule has 214 valence electrons. The van der Waals surface area contributed by atoms with Crippen molar-refractivity contribution in [3.63, 3.8) is 0 Å². The van der Waals surface area contributed by atoms with Gasteiger partial charge in [0.2, 0.25) is 5.95 Å². The summed E-state index contributed by atoms with van der Waals surface area (Å²) in [6, 6.07) is 1.61. The van der Waals surface area contributed by atoms with Crippen LogP contribution in [0, 0.1) is 0 Å². The molecule has 0 aliphatic heterocycles. The molecule has 0 atom stereocenters. The normalized spacial score (nSPS) is 11.5. The highest BCUT2D eigenvalue weighted by atomic mass is 16.2. The zero-order valence-corrected chi connectivity index (χ0v) is 22.2. The minimum Gasteiger partial charge on any atom is -0.383 e. The highest BCUT2D eigenvalue weighted by Crippen LogP contribution is 2.16. The summed E-state index contributed by atoms with van der Waals surface area (Å²) in [5.41, 5.74) is 10.7. The maximum absolute atomic E-state index is 12.9. The molecule has 41 heavy (non-hydrogen) atoms. The van der Waals surface area contributed by atoms with Crippen molar-refractivity contribution < 1.29 is 0 Å². The van der Waals surface area contributed by atoms with Gasteiger partial charge in [-0.1, -0.05) is 0 Å². The van der Waals surface area contributed by atoms with Crippen LogP contribution in [0.1, 0.15) is 5.69 Å². The Balaban J connectivity index is 1.50. The number of anilines is 4. The van der Waals surface area contributed by atoms with Gasteiger partial charge < -0.3 is 32.1 Å². The fourth-order valence-corrected chi connectivity index (χ4v) is 4.56. The monoisotopic (exact) mass is 564 g/mol. The second kappa shape index (κ2) is 10.9. The summed E-state index contributed by atoms with van der Waals surface area (Å²) >= 11 is 0. The number of nitrogens with two attached hydrogens (primary N) is 2. The number of H-pyrrole nitrogens is 3. The van der Waals surface area contributed by atoms with Crippen molar-refractivity contribution in [3.05, 3.63) is 66.0 Å². The number of imidazole rings is 1. The summed E-state index contributed by atoms with van der Waals surface area (Å²) in [7, 11) is 3.21. The molecule has 0 aliphatic carbocycles. The lowest BCUT2D eigenvalue weighted by Gasteiger charge is -2.23. The van der Waals surface area contributed by atoms with Gasteiger partial charge in [0, 0.05) is 64.8 Å². The van der Waals surface area contributed by atoms with E-state index in [0.717, 1.165) is 5.69 Å². The average molecular weight is 565 g/mol. The van der Waals surface area contributed by atoms with Crippen molar-refractivity contribution in [3.8, 4) is 0 Å². The molecular formula is C23H28N14O4. The molecule has 0 fully saturated rings. The molecule has 0 saturated heterocycles. The van der Waals surface area contributed by atoms with Crippen molar-refractivity contribution in [2.45, 2.75) is 19.6 Å². The Hall–Kier alpha value is -5.52. The Morgan fingerprint density at radius 3 is 2.20 bits per heavy atom. The van der Waals surface area contributed by atoms with Crippen LogP contribution in [-0.2, 0) is 19.6 Å². The molecule has 0 amide bonds. The van der Waals surface area contributed by atoms with Crippen LogP contribution < -0.4 is 44.6 Å². The van der Waals surface area contributed by atoms with Gasteiger partial charge in [-0.05, 0) is 0 Å². The number of rotatable bonds is 10. The Kier molecular flexibility index (Phi) is 7.21. The van der Waals surface area contributed by atoms with E-state index in [4.69, 9.17) is 11.5 Å². The molecule has 18 heteroatoms. The first kappa shape index (κ1) is 27.1. The lowest BCUT2D eigenvalue weighted by Crippen LogP contribution is -2.37. The van der Waals surface area contributed by atoms with Gasteiger partial charge in [0.25, 0.3) is 11.1 Å². The van der Waals surface area contributed by atoms with Gasteiger partial charge in [-0.3, -0.25) is 28.6 Å². The van der Waals surface area contributed by atoms with Crippen LogP contribution in [0.5, 0.6) is 0 Å². The van der Waals surface area contributed by atoms with Gasteiger partial charge in [-0.15, -0.1) is 0 Å². The zero-order valence-electron chi connectivity index (χ0n) is 22.2. The van der Waals surface area contributed by atoms with Crippen molar-refractivity contribution in [2.24, 2.45) is 0 Å². The Labute approximate surface area is 229 Å². The van der Waals surface area contributed by atoms with Gasteiger partial charge in [0.05, 0.1) is 11.8 Å². The van der Waals surface area contributed by atoms with Crippen LogP contribution in [0.15, 0.2) is 37.8 Å². The van der Waals surface area contributed by atoms with E-state index in [1.807, 2.05) is 4.90 Å². The standard InChI is InChI=1S/C23H28N14O4/c1-26-13-7-12-14(19(38)30-13)16(24)31-22(40)36(12)5-3-35(9-11-8-28-10-29-11)4-6-37-18-15(17(25)32-23(37)41)20(39)34-21(27-2)33-18/h7-8,10H,3-6,9H2,1-2H3,(H,28,29)(H2,24,31,40)(H2,25,32,41)(H2,26,30,38)(H2,27,33,34,39). The second-order valence-electron chi connectivity index (χ2n) is 9.10. The molecule has 5 aromatic rings. The summed E-state index contributed by atoms with van der Waals surface area (Å²) < 4.78 is 2.64. The number of pyridine rings is 1. The Morgan fingerprint density at radius 2 is 1.54 bits per heavy atom. The zero-order chi connectivity index (χ0) is 29.3. The van der Waals surface area contributed by atoms with Crippen LogP contribution in [0.4, 0.5) is 23.4 Å². The molecule has 0 spiro atoms. The summed E-state index contributed by atoms with van der Waals surface area (Å²) in [5, 5.41) is 5.72. The van der Waals surface area contributed by atoms with Crippen molar-refractivity contribution in [1.29, 1.82) is 0 Å². The molecule has 0 radical (unpaired) electrons.